The van der Waals surface area contributed by atoms with Crippen molar-refractivity contribution in [3.8, 4) is 11.4 Å². The first kappa shape index (κ1) is 25.6. The van der Waals surface area contributed by atoms with Gasteiger partial charge in [-0.2, -0.15) is 4.31 Å². The Balaban J connectivity index is 1.53. The van der Waals surface area contributed by atoms with Crippen LogP contribution in [0.3, 0.4) is 0 Å². The molecule has 4 aromatic rings. The van der Waals surface area contributed by atoms with E-state index in [-0.39, 0.29) is 10.8 Å². The summed E-state index contributed by atoms with van der Waals surface area (Å²) >= 11 is 0. The van der Waals surface area contributed by atoms with Gasteiger partial charge in [-0.1, -0.05) is 51.0 Å². The molecule has 1 aromatic heterocycles. The highest BCUT2D eigenvalue weighted by molar-refractivity contribution is 7.89. The third kappa shape index (κ3) is 5.66. The van der Waals surface area contributed by atoms with E-state index >= 15 is 0 Å². The molecule has 0 radical (unpaired) electrons. The smallest absolute Gasteiger partial charge is 0.255 e. The van der Waals surface area contributed by atoms with Gasteiger partial charge in [0.25, 0.3) is 5.91 Å². The van der Waals surface area contributed by atoms with Crippen LogP contribution in [0.15, 0.2) is 77.7 Å². The van der Waals surface area contributed by atoms with Gasteiger partial charge in [0.05, 0.1) is 21.6 Å². The largest absolute Gasteiger partial charge is 0.338 e. The van der Waals surface area contributed by atoms with Crippen LogP contribution in [-0.4, -0.2) is 41.7 Å². The number of nitrogens with one attached hydrogen (secondary N) is 2. The Hall–Kier alpha value is -3.49. The molecule has 0 spiro atoms. The third-order valence-electron chi connectivity index (χ3n) is 6.10. The van der Waals surface area contributed by atoms with Crippen LogP contribution in [0.5, 0.6) is 0 Å². The fourth-order valence-corrected chi connectivity index (χ4v) is 5.54. The SMILES string of the molecule is CCCCN(CCCC)S(=O)(=O)c1ccc(C(=O)Nc2ccccc2-c2nc3ccccc3[nH]2)cc1. The number of amides is 1. The van der Waals surface area contributed by atoms with E-state index in [0.29, 0.717) is 30.2 Å². The number of anilines is 1. The van der Waals surface area contributed by atoms with Crippen LogP contribution in [0, 0.1) is 0 Å². The lowest BCUT2D eigenvalue weighted by molar-refractivity contribution is 0.102. The van der Waals surface area contributed by atoms with E-state index in [1.165, 1.54) is 12.1 Å². The molecule has 0 saturated carbocycles. The van der Waals surface area contributed by atoms with Crippen LogP contribution in [0.4, 0.5) is 5.69 Å². The molecule has 8 heteroatoms. The Morgan fingerprint density at radius 3 is 2.19 bits per heavy atom. The summed E-state index contributed by atoms with van der Waals surface area (Å²) in [4.78, 5) is 21.2. The predicted molar refractivity (Wildman–Crippen MR) is 144 cm³/mol. The topological polar surface area (TPSA) is 95.2 Å². The summed E-state index contributed by atoms with van der Waals surface area (Å²) in [5, 5.41) is 2.95. The van der Waals surface area contributed by atoms with Gasteiger partial charge in [-0.3, -0.25) is 4.79 Å². The monoisotopic (exact) mass is 504 g/mol. The summed E-state index contributed by atoms with van der Waals surface area (Å²) in [5.41, 5.74) is 3.52. The highest BCUT2D eigenvalue weighted by atomic mass is 32.2. The number of aromatic amines is 1. The number of rotatable bonds is 11. The van der Waals surface area contributed by atoms with Crippen molar-refractivity contribution in [1.29, 1.82) is 0 Å². The van der Waals surface area contributed by atoms with E-state index in [2.05, 4.69) is 15.3 Å². The molecule has 0 aliphatic rings. The fourth-order valence-electron chi connectivity index (χ4n) is 4.02. The van der Waals surface area contributed by atoms with E-state index in [1.54, 1.807) is 16.4 Å². The van der Waals surface area contributed by atoms with Crippen LogP contribution >= 0.6 is 0 Å². The maximum Gasteiger partial charge on any atom is 0.255 e. The van der Waals surface area contributed by atoms with Crippen LogP contribution < -0.4 is 5.32 Å². The van der Waals surface area contributed by atoms with Crippen molar-refractivity contribution in [2.24, 2.45) is 0 Å². The van der Waals surface area contributed by atoms with Gasteiger partial charge in [0.1, 0.15) is 5.82 Å². The molecular formula is C28H32N4O3S. The van der Waals surface area contributed by atoms with E-state index in [1.807, 2.05) is 62.4 Å². The number of aromatic nitrogens is 2. The maximum absolute atomic E-state index is 13.2. The maximum atomic E-state index is 13.2. The summed E-state index contributed by atoms with van der Waals surface area (Å²) in [6.45, 7) is 5.09. The Bertz CT molecular complexity index is 1390. The van der Waals surface area contributed by atoms with E-state index in [0.717, 1.165) is 42.3 Å². The first-order chi connectivity index (χ1) is 17.4. The number of fused-ring (bicyclic) bond motifs is 1. The lowest BCUT2D eigenvalue weighted by atomic mass is 10.1. The molecule has 1 amide bonds. The molecule has 0 unspecified atom stereocenters. The number of sulfonamides is 1. The molecule has 7 nitrogen and oxygen atoms in total. The zero-order valence-corrected chi connectivity index (χ0v) is 21.5. The van der Waals surface area contributed by atoms with E-state index in [9.17, 15) is 13.2 Å². The summed E-state index contributed by atoms with van der Waals surface area (Å²) < 4.78 is 28.0. The van der Waals surface area contributed by atoms with E-state index in [4.69, 9.17) is 0 Å². The molecule has 3 aromatic carbocycles. The molecule has 0 atom stereocenters. The van der Waals surface area contributed by atoms with Gasteiger partial charge in [0.15, 0.2) is 0 Å². The van der Waals surface area contributed by atoms with Gasteiger partial charge < -0.3 is 10.3 Å². The third-order valence-corrected chi connectivity index (χ3v) is 8.01. The minimum absolute atomic E-state index is 0.203. The molecule has 0 fully saturated rings. The molecule has 0 bridgehead atoms. The number of unbranched alkanes of at least 4 members (excludes halogenated alkanes) is 2. The average Bonchev–Trinajstić information content (AvgIpc) is 3.33. The number of hydrogen-bond acceptors (Lipinski definition) is 4. The van der Waals surface area contributed by atoms with Crippen molar-refractivity contribution in [3.63, 3.8) is 0 Å². The number of nitrogens with zero attached hydrogens (tertiary/aromatic N) is 2. The van der Waals surface area contributed by atoms with Crippen molar-refractivity contribution in [2.45, 2.75) is 44.4 Å². The van der Waals surface area contributed by atoms with Crippen LogP contribution in [0.2, 0.25) is 0 Å². The molecule has 1 heterocycles. The minimum Gasteiger partial charge on any atom is -0.338 e. The standard InChI is InChI=1S/C28H32N4O3S/c1-3-5-19-32(20-6-4-2)36(34,35)22-17-15-21(16-18-22)28(33)31-24-12-8-7-11-23(24)27-29-25-13-9-10-14-26(25)30-27/h7-18H,3-6,19-20H2,1-2H3,(H,29,30)(H,31,33). The molecule has 4 rings (SSSR count). The zero-order valence-electron chi connectivity index (χ0n) is 20.7. The van der Waals surface area contributed by atoms with Crippen LogP contribution in [0.25, 0.3) is 22.4 Å². The average molecular weight is 505 g/mol. The molecule has 0 aliphatic carbocycles. The quantitative estimate of drug-likeness (QED) is 0.259. The number of H-pyrrole nitrogens is 1. The Labute approximate surface area is 212 Å². The number of para-hydroxylation sites is 3. The number of imidazole rings is 1. The van der Waals surface area contributed by atoms with E-state index < -0.39 is 10.0 Å². The van der Waals surface area contributed by atoms with Crippen molar-refractivity contribution in [3.05, 3.63) is 78.4 Å². The van der Waals surface area contributed by atoms with Gasteiger partial charge in [-0.05, 0) is 61.4 Å². The molecular weight excluding hydrogens is 472 g/mol. The molecule has 0 saturated heterocycles. The highest BCUT2D eigenvalue weighted by Gasteiger charge is 2.24. The van der Waals surface area contributed by atoms with Gasteiger partial charge in [-0.15, -0.1) is 0 Å². The highest BCUT2D eigenvalue weighted by Crippen LogP contribution is 2.28. The van der Waals surface area contributed by atoms with Gasteiger partial charge in [0, 0.05) is 24.2 Å². The first-order valence-corrected chi connectivity index (χ1v) is 13.8. The van der Waals surface area contributed by atoms with Crippen LogP contribution in [0.1, 0.15) is 49.9 Å². The van der Waals surface area contributed by atoms with Gasteiger partial charge in [0.2, 0.25) is 10.0 Å². The minimum atomic E-state index is -3.61. The lowest BCUT2D eigenvalue weighted by Crippen LogP contribution is -2.33. The van der Waals surface area contributed by atoms with Crippen molar-refractivity contribution >= 4 is 32.7 Å². The summed E-state index contributed by atoms with van der Waals surface area (Å²) in [6.07, 6.45) is 3.47. The summed E-state index contributed by atoms with van der Waals surface area (Å²) in [7, 11) is -3.61. The molecule has 188 valence electrons. The Morgan fingerprint density at radius 1 is 0.889 bits per heavy atom. The summed E-state index contributed by atoms with van der Waals surface area (Å²) in [6, 6.07) is 21.3. The molecule has 2 N–H and O–H groups in total. The number of hydrogen-bond donors (Lipinski definition) is 2. The van der Waals surface area contributed by atoms with Gasteiger partial charge in [-0.25, -0.2) is 13.4 Å². The molecule has 36 heavy (non-hydrogen) atoms. The number of carbonyl (C=O) groups is 1. The number of carbonyl (C=O) groups excluding carboxylic acids is 1. The second-order valence-corrected chi connectivity index (χ2v) is 10.7. The molecule has 0 aliphatic heterocycles. The second kappa shape index (κ2) is 11.5. The Kier molecular flexibility index (Phi) is 8.18. The van der Waals surface area contributed by atoms with Crippen molar-refractivity contribution in [1.82, 2.24) is 14.3 Å². The van der Waals surface area contributed by atoms with Crippen molar-refractivity contribution < 1.29 is 13.2 Å². The summed E-state index contributed by atoms with van der Waals surface area (Å²) in [5.74, 6) is 0.337. The van der Waals surface area contributed by atoms with Crippen molar-refractivity contribution in [2.75, 3.05) is 18.4 Å². The normalized spacial score (nSPS) is 11.8. The predicted octanol–water partition coefficient (Wildman–Crippen LogP) is 6.07. The number of benzene rings is 3. The van der Waals surface area contributed by atoms with Crippen LogP contribution in [-0.2, 0) is 10.0 Å². The first-order valence-electron chi connectivity index (χ1n) is 12.4. The Morgan fingerprint density at radius 2 is 1.53 bits per heavy atom. The zero-order chi connectivity index (χ0) is 25.5. The lowest BCUT2D eigenvalue weighted by Gasteiger charge is -2.22. The fraction of sp³-hybridized carbons (Fsp3) is 0.286. The van der Waals surface area contributed by atoms with Gasteiger partial charge >= 0.3 is 0 Å². The second-order valence-electron chi connectivity index (χ2n) is 8.74.